The quantitative estimate of drug-likeness (QED) is 0.789. The molecule has 2 N–H and O–H groups in total. The van der Waals surface area contributed by atoms with Gasteiger partial charge >= 0.3 is 5.97 Å². The number of benzene rings is 1. The molecular formula is C11H8ClNO3. The van der Waals surface area contributed by atoms with E-state index in [0.717, 1.165) is 0 Å². The molecule has 0 bridgehead atoms. The Kier molecular flexibility index (Phi) is 2.44. The molecule has 0 aliphatic carbocycles. The van der Waals surface area contributed by atoms with Crippen LogP contribution in [0, 0.1) is 0 Å². The number of carboxylic acid groups (broad SMARTS) is 1. The molecule has 1 aromatic heterocycles. The third kappa shape index (κ3) is 1.57. The monoisotopic (exact) mass is 237 g/mol. The van der Waals surface area contributed by atoms with E-state index >= 15 is 0 Å². The van der Waals surface area contributed by atoms with E-state index in [4.69, 9.17) is 16.7 Å². The molecule has 0 amide bonds. The van der Waals surface area contributed by atoms with Gasteiger partial charge in [-0.1, -0.05) is 11.6 Å². The lowest BCUT2D eigenvalue weighted by atomic mass is 10.1. The zero-order valence-corrected chi connectivity index (χ0v) is 9.13. The third-order valence-corrected chi connectivity index (χ3v) is 2.69. The first kappa shape index (κ1) is 10.7. The molecule has 82 valence electrons. The highest BCUT2D eigenvalue weighted by Gasteiger charge is 2.14. The van der Waals surface area contributed by atoms with Crippen LogP contribution in [0.15, 0.2) is 18.3 Å². The Morgan fingerprint density at radius 2 is 2.00 bits per heavy atom. The third-order valence-electron chi connectivity index (χ3n) is 2.38. The molecule has 1 aromatic carbocycles. The summed E-state index contributed by atoms with van der Waals surface area (Å²) in [5.74, 6) is -1.23. The standard InChI is InChI=1S/C11H8ClNO3/c1-5(14)8-4-13-10-3-9(12)7(11(15)16)2-6(8)10/h2-4,13H,1H3,(H,15,16). The lowest BCUT2D eigenvalue weighted by Gasteiger charge is -2.00. The Morgan fingerprint density at radius 1 is 1.31 bits per heavy atom. The number of aromatic amines is 1. The second-order valence-electron chi connectivity index (χ2n) is 3.44. The van der Waals surface area contributed by atoms with Gasteiger partial charge in [0.1, 0.15) is 0 Å². The fourth-order valence-electron chi connectivity index (χ4n) is 1.60. The Morgan fingerprint density at radius 3 is 2.56 bits per heavy atom. The smallest absolute Gasteiger partial charge is 0.337 e. The van der Waals surface area contributed by atoms with Gasteiger partial charge < -0.3 is 10.1 Å². The number of Topliss-reactive ketones (excluding diaryl/α,β-unsaturated/α-hetero) is 1. The number of carbonyl (C=O) groups excluding carboxylic acids is 1. The van der Waals surface area contributed by atoms with E-state index in [2.05, 4.69) is 4.98 Å². The summed E-state index contributed by atoms with van der Waals surface area (Å²) in [6, 6.07) is 2.92. The van der Waals surface area contributed by atoms with Gasteiger partial charge in [-0.3, -0.25) is 4.79 Å². The minimum Gasteiger partial charge on any atom is -0.478 e. The van der Waals surface area contributed by atoms with Gasteiger partial charge in [0.05, 0.1) is 10.6 Å². The molecule has 0 aliphatic heterocycles. The van der Waals surface area contributed by atoms with Crippen molar-refractivity contribution in [2.24, 2.45) is 0 Å². The van der Waals surface area contributed by atoms with E-state index in [0.29, 0.717) is 16.5 Å². The van der Waals surface area contributed by atoms with Crippen LogP contribution in [-0.4, -0.2) is 21.8 Å². The number of rotatable bonds is 2. The number of carboxylic acids is 1. The van der Waals surface area contributed by atoms with E-state index < -0.39 is 5.97 Å². The predicted octanol–water partition coefficient (Wildman–Crippen LogP) is 2.72. The minimum absolute atomic E-state index is 0.00346. The van der Waals surface area contributed by atoms with E-state index in [1.807, 2.05) is 0 Å². The van der Waals surface area contributed by atoms with Crippen LogP contribution in [-0.2, 0) is 0 Å². The Bertz CT molecular complexity index is 601. The first-order valence-corrected chi connectivity index (χ1v) is 4.93. The molecular weight excluding hydrogens is 230 g/mol. The maximum atomic E-state index is 11.3. The van der Waals surface area contributed by atoms with Crippen molar-refractivity contribution >= 4 is 34.3 Å². The van der Waals surface area contributed by atoms with E-state index in [-0.39, 0.29) is 16.4 Å². The SMILES string of the molecule is CC(=O)c1c[nH]c2cc(Cl)c(C(=O)O)cc12. The number of nitrogens with one attached hydrogen (secondary N) is 1. The summed E-state index contributed by atoms with van der Waals surface area (Å²) in [5, 5.41) is 9.64. The van der Waals surface area contributed by atoms with Crippen molar-refractivity contribution in [2.75, 3.05) is 0 Å². The first-order valence-electron chi connectivity index (χ1n) is 4.55. The first-order chi connectivity index (χ1) is 7.50. The van der Waals surface area contributed by atoms with Crippen LogP contribution in [0.1, 0.15) is 27.6 Å². The summed E-state index contributed by atoms with van der Waals surface area (Å²) in [6.07, 6.45) is 1.55. The fraction of sp³-hybridized carbons (Fsp3) is 0.0909. The van der Waals surface area contributed by atoms with E-state index in [1.165, 1.54) is 19.1 Å². The van der Waals surface area contributed by atoms with Crippen LogP contribution in [0.2, 0.25) is 5.02 Å². The number of aromatic nitrogens is 1. The van der Waals surface area contributed by atoms with Crippen LogP contribution < -0.4 is 0 Å². The van der Waals surface area contributed by atoms with Crippen molar-refractivity contribution in [2.45, 2.75) is 6.92 Å². The van der Waals surface area contributed by atoms with Crippen molar-refractivity contribution < 1.29 is 14.7 Å². The van der Waals surface area contributed by atoms with Crippen LogP contribution in [0.4, 0.5) is 0 Å². The lowest BCUT2D eigenvalue weighted by Crippen LogP contribution is -1.98. The van der Waals surface area contributed by atoms with Gasteiger partial charge in [-0.25, -0.2) is 4.79 Å². The van der Waals surface area contributed by atoms with Gasteiger partial charge in [0.15, 0.2) is 5.78 Å². The molecule has 0 fully saturated rings. The van der Waals surface area contributed by atoms with Crippen LogP contribution in [0.5, 0.6) is 0 Å². The molecule has 4 nitrogen and oxygen atoms in total. The molecule has 0 saturated heterocycles. The van der Waals surface area contributed by atoms with Gasteiger partial charge in [-0.2, -0.15) is 0 Å². The van der Waals surface area contributed by atoms with Crippen molar-refractivity contribution in [3.8, 4) is 0 Å². The molecule has 2 rings (SSSR count). The molecule has 0 atom stereocenters. The average Bonchev–Trinajstić information content (AvgIpc) is 2.58. The van der Waals surface area contributed by atoms with Crippen LogP contribution in [0.25, 0.3) is 10.9 Å². The molecule has 16 heavy (non-hydrogen) atoms. The highest BCUT2D eigenvalue weighted by molar-refractivity contribution is 6.34. The van der Waals surface area contributed by atoms with Crippen LogP contribution in [0.3, 0.4) is 0 Å². The summed E-state index contributed by atoms with van der Waals surface area (Å²) < 4.78 is 0. The summed E-state index contributed by atoms with van der Waals surface area (Å²) >= 11 is 5.80. The maximum Gasteiger partial charge on any atom is 0.337 e. The molecule has 0 saturated carbocycles. The summed E-state index contributed by atoms with van der Waals surface area (Å²) in [6.45, 7) is 1.43. The maximum absolute atomic E-state index is 11.3. The molecule has 0 spiro atoms. The van der Waals surface area contributed by atoms with Gasteiger partial charge in [-0.15, -0.1) is 0 Å². The number of halogens is 1. The predicted molar refractivity (Wildman–Crippen MR) is 60.3 cm³/mol. The average molecular weight is 238 g/mol. The zero-order chi connectivity index (χ0) is 11.9. The van der Waals surface area contributed by atoms with Crippen LogP contribution >= 0.6 is 11.6 Å². The summed E-state index contributed by atoms with van der Waals surface area (Å²) in [5.41, 5.74) is 1.12. The molecule has 1 heterocycles. The zero-order valence-electron chi connectivity index (χ0n) is 8.37. The Labute approximate surface area is 95.8 Å². The Hall–Kier alpha value is -1.81. The molecule has 2 aromatic rings. The minimum atomic E-state index is -1.11. The summed E-state index contributed by atoms with van der Waals surface area (Å²) in [4.78, 5) is 25.1. The van der Waals surface area contributed by atoms with Crippen molar-refractivity contribution in [1.82, 2.24) is 4.98 Å². The van der Waals surface area contributed by atoms with Gasteiger partial charge in [0.25, 0.3) is 0 Å². The van der Waals surface area contributed by atoms with Crippen molar-refractivity contribution in [3.63, 3.8) is 0 Å². The normalized spacial score (nSPS) is 10.6. The topological polar surface area (TPSA) is 70.2 Å². The fourth-order valence-corrected chi connectivity index (χ4v) is 1.84. The van der Waals surface area contributed by atoms with Crippen molar-refractivity contribution in [1.29, 1.82) is 0 Å². The second-order valence-corrected chi connectivity index (χ2v) is 3.85. The van der Waals surface area contributed by atoms with Crippen molar-refractivity contribution in [3.05, 3.63) is 34.5 Å². The largest absolute Gasteiger partial charge is 0.478 e. The number of carbonyl (C=O) groups is 2. The lowest BCUT2D eigenvalue weighted by molar-refractivity contribution is 0.0697. The van der Waals surface area contributed by atoms with Gasteiger partial charge in [-0.05, 0) is 19.1 Å². The summed E-state index contributed by atoms with van der Waals surface area (Å²) in [7, 11) is 0. The molecule has 5 heteroatoms. The number of aromatic carboxylic acids is 1. The molecule has 0 aliphatic rings. The van der Waals surface area contributed by atoms with E-state index in [9.17, 15) is 9.59 Å². The number of H-pyrrole nitrogens is 1. The molecule has 0 radical (unpaired) electrons. The highest BCUT2D eigenvalue weighted by Crippen LogP contribution is 2.26. The van der Waals surface area contributed by atoms with Gasteiger partial charge in [0, 0.05) is 22.7 Å². The molecule has 0 unspecified atom stereocenters. The number of fused-ring (bicyclic) bond motifs is 1. The van der Waals surface area contributed by atoms with Gasteiger partial charge in [0.2, 0.25) is 0 Å². The Balaban J connectivity index is 2.79. The number of ketones is 1. The number of hydrogen-bond donors (Lipinski definition) is 2. The number of hydrogen-bond acceptors (Lipinski definition) is 2. The highest BCUT2D eigenvalue weighted by atomic mass is 35.5. The van der Waals surface area contributed by atoms with E-state index in [1.54, 1.807) is 6.20 Å². The second kappa shape index (κ2) is 3.64.